The highest BCUT2D eigenvalue weighted by atomic mass is 35.5. The maximum atomic E-state index is 12.6. The molecule has 0 atom stereocenters. The van der Waals surface area contributed by atoms with Crippen molar-refractivity contribution in [3.05, 3.63) is 29.3 Å². The van der Waals surface area contributed by atoms with E-state index >= 15 is 0 Å². The van der Waals surface area contributed by atoms with Gasteiger partial charge in [0.05, 0.1) is 0 Å². The maximum absolute atomic E-state index is 12.6. The van der Waals surface area contributed by atoms with Crippen LogP contribution >= 0.6 is 12.4 Å². The molecule has 2 fully saturated rings. The van der Waals surface area contributed by atoms with Crippen LogP contribution in [0.2, 0.25) is 0 Å². The van der Waals surface area contributed by atoms with Gasteiger partial charge in [-0.3, -0.25) is 4.79 Å². The zero-order valence-electron chi connectivity index (χ0n) is 13.7. The van der Waals surface area contributed by atoms with Crippen molar-refractivity contribution in [3.8, 4) is 5.75 Å². The molecule has 0 bridgehead atoms. The Bertz CT molecular complexity index is 600. The molecule has 4 nitrogen and oxygen atoms in total. The normalized spacial score (nSPS) is 18.8. The fourth-order valence-electron chi connectivity index (χ4n) is 3.16. The number of carbonyl (C=O) groups is 1. The van der Waals surface area contributed by atoms with Gasteiger partial charge in [0.25, 0.3) is 5.91 Å². The van der Waals surface area contributed by atoms with E-state index < -0.39 is 6.36 Å². The van der Waals surface area contributed by atoms with Gasteiger partial charge in [-0.05, 0) is 74.9 Å². The van der Waals surface area contributed by atoms with Crippen LogP contribution in [0, 0.1) is 0 Å². The van der Waals surface area contributed by atoms with E-state index in [0.717, 1.165) is 50.8 Å². The lowest BCUT2D eigenvalue weighted by molar-refractivity contribution is -0.274. The summed E-state index contributed by atoms with van der Waals surface area (Å²) in [6, 6.07) is 4.41. The molecule has 1 amide bonds. The summed E-state index contributed by atoms with van der Waals surface area (Å²) in [5.41, 5.74) is 0.967. The predicted molar refractivity (Wildman–Crippen MR) is 90.3 cm³/mol. The third kappa shape index (κ3) is 5.51. The van der Waals surface area contributed by atoms with Crippen LogP contribution in [0.4, 0.5) is 13.2 Å². The van der Waals surface area contributed by atoms with Crippen LogP contribution in [0.1, 0.15) is 53.9 Å². The van der Waals surface area contributed by atoms with Gasteiger partial charge in [0.1, 0.15) is 5.75 Å². The van der Waals surface area contributed by atoms with Gasteiger partial charge in [0.15, 0.2) is 0 Å². The molecule has 25 heavy (non-hydrogen) atoms. The van der Waals surface area contributed by atoms with Gasteiger partial charge in [0.2, 0.25) is 0 Å². The first-order valence-corrected chi connectivity index (χ1v) is 8.33. The second kappa shape index (κ2) is 8.27. The molecule has 140 valence electrons. The molecule has 1 aliphatic heterocycles. The van der Waals surface area contributed by atoms with Gasteiger partial charge in [-0.2, -0.15) is 0 Å². The first kappa shape index (κ1) is 19.8. The van der Waals surface area contributed by atoms with Gasteiger partial charge in [0, 0.05) is 11.6 Å². The second-order valence-corrected chi connectivity index (χ2v) is 6.46. The molecule has 0 spiro atoms. The Hall–Kier alpha value is -1.47. The fraction of sp³-hybridized carbons (Fsp3) is 0.588. The molecule has 1 aromatic carbocycles. The number of carbonyl (C=O) groups excluding carboxylic acids is 1. The molecule has 1 aromatic rings. The topological polar surface area (TPSA) is 50.4 Å². The standard InChI is InChI=1S/C17H21F3N2O2.ClH/c18-17(19,20)24-15-9-12(11-4-6-21-7-5-11)8-13(10-15)16(23)22-14-2-1-3-14;/h8-11,14,21H,1-7H2,(H,22,23);1H. The van der Waals surface area contributed by atoms with E-state index in [9.17, 15) is 18.0 Å². The maximum Gasteiger partial charge on any atom is 0.573 e. The van der Waals surface area contributed by atoms with Crippen LogP contribution in [0.15, 0.2) is 18.2 Å². The lowest BCUT2D eigenvalue weighted by Crippen LogP contribution is -2.39. The summed E-state index contributed by atoms with van der Waals surface area (Å²) in [5.74, 6) is -0.516. The molecule has 2 N–H and O–H groups in total. The summed E-state index contributed by atoms with van der Waals surface area (Å²) in [6.07, 6.45) is -0.188. The van der Waals surface area contributed by atoms with Gasteiger partial charge in [-0.15, -0.1) is 25.6 Å². The number of hydrogen-bond donors (Lipinski definition) is 2. The van der Waals surface area contributed by atoms with E-state index in [2.05, 4.69) is 15.4 Å². The van der Waals surface area contributed by atoms with E-state index in [-0.39, 0.29) is 41.6 Å². The molecule has 0 unspecified atom stereocenters. The van der Waals surface area contributed by atoms with Crippen molar-refractivity contribution in [2.45, 2.75) is 50.4 Å². The smallest absolute Gasteiger partial charge is 0.406 e. The van der Waals surface area contributed by atoms with Crippen molar-refractivity contribution in [3.63, 3.8) is 0 Å². The van der Waals surface area contributed by atoms with E-state index in [1.807, 2.05) is 0 Å². The summed E-state index contributed by atoms with van der Waals surface area (Å²) >= 11 is 0. The molecular formula is C17H22ClF3N2O2. The summed E-state index contributed by atoms with van der Waals surface area (Å²) in [7, 11) is 0. The minimum absolute atomic E-state index is 0. The Balaban J connectivity index is 0.00000225. The van der Waals surface area contributed by atoms with Gasteiger partial charge < -0.3 is 15.4 Å². The Labute approximate surface area is 150 Å². The number of alkyl halides is 3. The van der Waals surface area contributed by atoms with Gasteiger partial charge in [-0.25, -0.2) is 0 Å². The van der Waals surface area contributed by atoms with Crippen LogP contribution in [-0.2, 0) is 0 Å². The van der Waals surface area contributed by atoms with E-state index in [1.165, 1.54) is 12.1 Å². The van der Waals surface area contributed by atoms with Crippen LogP contribution in [0.3, 0.4) is 0 Å². The Morgan fingerprint density at radius 1 is 1.12 bits per heavy atom. The number of rotatable bonds is 4. The lowest BCUT2D eigenvalue weighted by atomic mass is 9.88. The lowest BCUT2D eigenvalue weighted by Gasteiger charge is -2.27. The Morgan fingerprint density at radius 3 is 2.36 bits per heavy atom. The molecule has 8 heteroatoms. The molecule has 2 aliphatic rings. The summed E-state index contributed by atoms with van der Waals surface area (Å²) < 4.78 is 41.8. The average Bonchev–Trinajstić information content (AvgIpc) is 2.49. The van der Waals surface area contributed by atoms with Crippen molar-refractivity contribution in [2.75, 3.05) is 13.1 Å². The number of nitrogens with one attached hydrogen (secondary N) is 2. The Kier molecular flexibility index (Phi) is 6.57. The highest BCUT2D eigenvalue weighted by Gasteiger charge is 2.32. The highest BCUT2D eigenvalue weighted by molar-refractivity contribution is 5.95. The van der Waals surface area contributed by atoms with E-state index in [1.54, 1.807) is 6.07 Å². The number of amides is 1. The third-order valence-corrected chi connectivity index (χ3v) is 4.68. The number of piperidine rings is 1. The predicted octanol–water partition coefficient (Wildman–Crippen LogP) is 3.76. The monoisotopic (exact) mass is 378 g/mol. The summed E-state index contributed by atoms with van der Waals surface area (Å²) in [4.78, 5) is 12.3. The summed E-state index contributed by atoms with van der Waals surface area (Å²) in [5, 5.41) is 6.09. The van der Waals surface area contributed by atoms with Crippen LogP contribution in [0.25, 0.3) is 0 Å². The molecule has 3 rings (SSSR count). The first-order valence-electron chi connectivity index (χ1n) is 8.33. The first-order chi connectivity index (χ1) is 11.4. The van der Waals surface area contributed by atoms with Crippen LogP contribution in [-0.4, -0.2) is 31.4 Å². The number of halogens is 4. The average molecular weight is 379 g/mol. The third-order valence-electron chi connectivity index (χ3n) is 4.68. The number of benzene rings is 1. The molecule has 0 aromatic heterocycles. The highest BCUT2D eigenvalue weighted by Crippen LogP contribution is 2.32. The van der Waals surface area contributed by atoms with Crippen molar-refractivity contribution >= 4 is 18.3 Å². The summed E-state index contributed by atoms with van der Waals surface area (Å²) in [6.45, 7) is 1.64. The van der Waals surface area contributed by atoms with Gasteiger partial charge in [-0.1, -0.05) is 0 Å². The molecule has 1 saturated carbocycles. The largest absolute Gasteiger partial charge is 0.573 e. The number of hydrogen-bond acceptors (Lipinski definition) is 3. The number of ether oxygens (including phenoxy) is 1. The minimum Gasteiger partial charge on any atom is -0.406 e. The molecular weight excluding hydrogens is 357 g/mol. The van der Waals surface area contributed by atoms with Gasteiger partial charge >= 0.3 is 6.36 Å². The molecule has 0 radical (unpaired) electrons. The molecule has 1 aliphatic carbocycles. The second-order valence-electron chi connectivity index (χ2n) is 6.46. The Morgan fingerprint density at radius 2 is 1.80 bits per heavy atom. The molecule has 1 saturated heterocycles. The SMILES string of the molecule is Cl.O=C(NC1CCC1)c1cc(OC(F)(F)F)cc(C2CCNCC2)c1. The van der Waals surface area contributed by atoms with Crippen molar-refractivity contribution < 1.29 is 22.7 Å². The zero-order valence-corrected chi connectivity index (χ0v) is 14.5. The van der Waals surface area contributed by atoms with Crippen molar-refractivity contribution in [1.29, 1.82) is 0 Å². The van der Waals surface area contributed by atoms with Crippen molar-refractivity contribution in [1.82, 2.24) is 10.6 Å². The fourth-order valence-corrected chi connectivity index (χ4v) is 3.16. The van der Waals surface area contributed by atoms with E-state index in [4.69, 9.17) is 0 Å². The van der Waals surface area contributed by atoms with Crippen molar-refractivity contribution in [2.24, 2.45) is 0 Å². The minimum atomic E-state index is -4.77. The quantitative estimate of drug-likeness (QED) is 0.838. The van der Waals surface area contributed by atoms with E-state index in [0.29, 0.717) is 0 Å². The van der Waals surface area contributed by atoms with Crippen LogP contribution in [0.5, 0.6) is 5.75 Å². The molecule has 1 heterocycles. The zero-order chi connectivity index (χ0) is 17.2. The van der Waals surface area contributed by atoms with Crippen LogP contribution < -0.4 is 15.4 Å².